The van der Waals surface area contributed by atoms with E-state index in [9.17, 15) is 0 Å². The highest BCUT2D eigenvalue weighted by Gasteiger charge is 2.23. The fourth-order valence-electron chi connectivity index (χ4n) is 3.64. The van der Waals surface area contributed by atoms with Crippen LogP contribution in [0.1, 0.15) is 30.1 Å². The molecule has 0 atom stereocenters. The highest BCUT2D eigenvalue weighted by molar-refractivity contribution is 7.98. The Kier molecular flexibility index (Phi) is 5.90. The van der Waals surface area contributed by atoms with E-state index in [-0.39, 0.29) is 0 Å². The predicted octanol–water partition coefficient (Wildman–Crippen LogP) is 4.79. The molecule has 5 rings (SSSR count). The van der Waals surface area contributed by atoms with Crippen LogP contribution in [-0.2, 0) is 12.2 Å². The molecule has 9 heteroatoms. The first-order valence-corrected chi connectivity index (χ1v) is 11.6. The van der Waals surface area contributed by atoms with Gasteiger partial charge in [0.05, 0.1) is 11.4 Å². The van der Waals surface area contributed by atoms with Crippen LogP contribution in [0.15, 0.2) is 64.3 Å². The van der Waals surface area contributed by atoms with Crippen LogP contribution < -0.4 is 4.90 Å². The fourth-order valence-corrected chi connectivity index (χ4v) is 4.61. The number of aromatic nitrogens is 5. The smallest absolute Gasteiger partial charge is 0.237 e. The van der Waals surface area contributed by atoms with Crippen molar-refractivity contribution < 1.29 is 4.52 Å². The topological polar surface area (TPSA) is 72.9 Å². The first kappa shape index (κ1) is 20.1. The lowest BCUT2D eigenvalue weighted by atomic mass is 10.1. The van der Waals surface area contributed by atoms with Gasteiger partial charge < -0.3 is 9.42 Å². The third-order valence-corrected chi connectivity index (χ3v) is 6.26. The van der Waals surface area contributed by atoms with Gasteiger partial charge in [0, 0.05) is 24.5 Å². The van der Waals surface area contributed by atoms with Crippen molar-refractivity contribution in [3.8, 4) is 5.69 Å². The Morgan fingerprint density at radius 2 is 1.84 bits per heavy atom. The summed E-state index contributed by atoms with van der Waals surface area (Å²) < 4.78 is 7.52. The highest BCUT2D eigenvalue weighted by atomic mass is 35.5. The van der Waals surface area contributed by atoms with Gasteiger partial charge in [0.15, 0.2) is 11.0 Å². The summed E-state index contributed by atoms with van der Waals surface area (Å²) in [5.41, 5.74) is 2.09. The Morgan fingerprint density at radius 3 is 2.65 bits per heavy atom. The van der Waals surface area contributed by atoms with Crippen LogP contribution >= 0.6 is 23.4 Å². The zero-order valence-corrected chi connectivity index (χ0v) is 18.4. The Balaban J connectivity index is 1.36. The predicted molar refractivity (Wildman–Crippen MR) is 121 cm³/mol. The number of hydrogen-bond donors (Lipinski definition) is 0. The van der Waals surface area contributed by atoms with Crippen molar-refractivity contribution in [1.29, 1.82) is 0 Å². The van der Waals surface area contributed by atoms with Gasteiger partial charge in [0.2, 0.25) is 11.8 Å². The average Bonchev–Trinajstić information content (AvgIpc) is 3.54. The first-order valence-electron chi connectivity index (χ1n) is 10.2. The number of rotatable bonds is 7. The molecule has 1 saturated heterocycles. The largest absolute Gasteiger partial charge is 0.341 e. The molecule has 7 nitrogen and oxygen atoms in total. The molecule has 0 spiro atoms. The van der Waals surface area contributed by atoms with Crippen molar-refractivity contribution in [2.75, 3.05) is 18.0 Å². The van der Waals surface area contributed by atoms with Crippen molar-refractivity contribution in [2.24, 2.45) is 0 Å². The third kappa shape index (κ3) is 4.60. The highest BCUT2D eigenvalue weighted by Crippen LogP contribution is 2.31. The second kappa shape index (κ2) is 9.11. The second-order valence-corrected chi connectivity index (χ2v) is 8.73. The summed E-state index contributed by atoms with van der Waals surface area (Å²) in [7, 11) is 0. The number of anilines is 1. The van der Waals surface area contributed by atoms with Crippen LogP contribution in [0.4, 0.5) is 5.95 Å². The minimum absolute atomic E-state index is 0.514. The van der Waals surface area contributed by atoms with E-state index >= 15 is 0 Å². The standard InChI is InChI=1S/C22H21ClN6OS/c23-17-9-6-10-18(14-17)29-21(28-11-4-5-12-28)25-26-22(29)31-15-20-24-19(27-30-20)13-16-7-2-1-3-8-16/h1-3,6-10,14H,4-5,11-13,15H2. The molecular weight excluding hydrogens is 432 g/mol. The Labute approximate surface area is 189 Å². The summed E-state index contributed by atoms with van der Waals surface area (Å²) in [4.78, 5) is 6.80. The molecule has 2 aromatic carbocycles. The van der Waals surface area contributed by atoms with E-state index in [1.807, 2.05) is 42.5 Å². The van der Waals surface area contributed by atoms with Crippen molar-refractivity contribution in [3.05, 3.63) is 76.9 Å². The van der Waals surface area contributed by atoms with Gasteiger partial charge in [-0.1, -0.05) is 64.9 Å². The molecule has 0 unspecified atom stereocenters. The van der Waals surface area contributed by atoms with Gasteiger partial charge >= 0.3 is 0 Å². The molecule has 0 radical (unpaired) electrons. The summed E-state index contributed by atoms with van der Waals surface area (Å²) in [5.74, 6) is 2.60. The lowest BCUT2D eigenvalue weighted by Crippen LogP contribution is -2.22. The molecule has 158 valence electrons. The molecule has 0 N–H and O–H groups in total. The van der Waals surface area contributed by atoms with Crippen LogP contribution in [0.2, 0.25) is 5.02 Å². The van der Waals surface area contributed by atoms with E-state index in [2.05, 4.69) is 41.9 Å². The van der Waals surface area contributed by atoms with Crippen LogP contribution in [0.25, 0.3) is 5.69 Å². The van der Waals surface area contributed by atoms with Crippen LogP contribution in [0, 0.1) is 0 Å². The Bertz CT molecular complexity index is 1160. The monoisotopic (exact) mass is 452 g/mol. The van der Waals surface area contributed by atoms with E-state index < -0.39 is 0 Å². The summed E-state index contributed by atoms with van der Waals surface area (Å²) in [6, 6.07) is 17.9. The maximum absolute atomic E-state index is 6.26. The van der Waals surface area contributed by atoms with Gasteiger partial charge in [-0.15, -0.1) is 10.2 Å². The van der Waals surface area contributed by atoms with Gasteiger partial charge in [0.25, 0.3) is 0 Å². The van der Waals surface area contributed by atoms with Crippen LogP contribution in [-0.4, -0.2) is 38.0 Å². The SMILES string of the molecule is Clc1cccc(-n2c(SCc3nc(Cc4ccccc4)no3)nnc2N2CCCC2)c1. The number of halogens is 1. The maximum Gasteiger partial charge on any atom is 0.237 e. The van der Waals surface area contributed by atoms with E-state index in [0.717, 1.165) is 48.3 Å². The van der Waals surface area contributed by atoms with Gasteiger partial charge in [-0.25, -0.2) is 0 Å². The van der Waals surface area contributed by atoms with Crippen molar-refractivity contribution in [1.82, 2.24) is 24.9 Å². The lowest BCUT2D eigenvalue weighted by molar-refractivity contribution is 0.385. The molecule has 0 amide bonds. The number of hydrogen-bond acceptors (Lipinski definition) is 7. The van der Waals surface area contributed by atoms with Crippen molar-refractivity contribution in [3.63, 3.8) is 0 Å². The van der Waals surface area contributed by atoms with E-state index in [0.29, 0.717) is 28.9 Å². The molecule has 0 aliphatic carbocycles. The van der Waals surface area contributed by atoms with Gasteiger partial charge in [-0.3, -0.25) is 4.57 Å². The maximum atomic E-state index is 6.26. The molecule has 1 aliphatic heterocycles. The van der Waals surface area contributed by atoms with E-state index in [1.165, 1.54) is 11.8 Å². The number of benzene rings is 2. The second-order valence-electron chi connectivity index (χ2n) is 7.35. The molecule has 1 fully saturated rings. The van der Waals surface area contributed by atoms with E-state index in [4.69, 9.17) is 16.1 Å². The van der Waals surface area contributed by atoms with Crippen molar-refractivity contribution in [2.45, 2.75) is 30.2 Å². The molecule has 31 heavy (non-hydrogen) atoms. The van der Waals surface area contributed by atoms with Gasteiger partial charge in [-0.2, -0.15) is 4.98 Å². The van der Waals surface area contributed by atoms with Crippen LogP contribution in [0.3, 0.4) is 0 Å². The van der Waals surface area contributed by atoms with Gasteiger partial charge in [-0.05, 0) is 36.6 Å². The molecule has 3 heterocycles. The molecule has 4 aromatic rings. The Morgan fingerprint density at radius 1 is 1.00 bits per heavy atom. The summed E-state index contributed by atoms with van der Waals surface area (Å²) in [5, 5.41) is 14.5. The first-order chi connectivity index (χ1) is 15.3. The summed E-state index contributed by atoms with van der Waals surface area (Å²) in [6.07, 6.45) is 2.97. The number of thioether (sulfide) groups is 1. The molecule has 0 bridgehead atoms. The molecular formula is C22H21ClN6OS. The minimum Gasteiger partial charge on any atom is -0.341 e. The molecule has 1 aliphatic rings. The fraction of sp³-hybridized carbons (Fsp3) is 0.273. The lowest BCUT2D eigenvalue weighted by Gasteiger charge is -2.18. The molecule has 0 saturated carbocycles. The zero-order chi connectivity index (χ0) is 21.0. The average molecular weight is 453 g/mol. The summed E-state index contributed by atoms with van der Waals surface area (Å²) >= 11 is 7.78. The van der Waals surface area contributed by atoms with Crippen LogP contribution in [0.5, 0.6) is 0 Å². The third-order valence-electron chi connectivity index (χ3n) is 5.11. The van der Waals surface area contributed by atoms with E-state index in [1.54, 1.807) is 0 Å². The van der Waals surface area contributed by atoms with Crippen molar-refractivity contribution >= 4 is 29.3 Å². The van der Waals surface area contributed by atoms with Gasteiger partial charge in [0.1, 0.15) is 0 Å². The normalized spacial score (nSPS) is 13.8. The minimum atomic E-state index is 0.514. The quantitative estimate of drug-likeness (QED) is 0.373. The molecule has 2 aromatic heterocycles. The summed E-state index contributed by atoms with van der Waals surface area (Å²) in [6.45, 7) is 1.96. The Hall–Kier alpha value is -2.84. The number of nitrogens with zero attached hydrogens (tertiary/aromatic N) is 6. The zero-order valence-electron chi connectivity index (χ0n) is 16.8.